The zero-order chi connectivity index (χ0) is 23.7. The monoisotopic (exact) mass is 466 g/mol. The number of hydrogen-bond donors (Lipinski definition) is 1. The van der Waals surface area contributed by atoms with Crippen LogP contribution >= 0.6 is 11.6 Å². The fraction of sp³-hybridized carbons (Fsp3) is 0.308. The van der Waals surface area contributed by atoms with Gasteiger partial charge in [-0.25, -0.2) is 0 Å². The number of amides is 1. The largest absolute Gasteiger partial charge is 0.503 e. The van der Waals surface area contributed by atoms with Crippen molar-refractivity contribution in [2.45, 2.75) is 26.8 Å². The number of likely N-dealkylation sites (N-methyl/N-ethyl adjacent to an activating group) is 1. The normalized spacial score (nSPS) is 16.5. The molecule has 0 bridgehead atoms. The number of halogens is 1. The van der Waals surface area contributed by atoms with Crippen LogP contribution in [0.5, 0.6) is 0 Å². The van der Waals surface area contributed by atoms with E-state index in [1.54, 1.807) is 35.2 Å². The Balaban J connectivity index is 1.75. The average molecular weight is 467 g/mol. The molecule has 1 atom stereocenters. The number of nitrogens with zero attached hydrogens (tertiary/aromatic N) is 2. The molecule has 1 unspecified atom stereocenters. The number of aliphatic hydroxyl groups excluding tert-OH is 1. The quantitative estimate of drug-likeness (QED) is 0.455. The van der Waals surface area contributed by atoms with Gasteiger partial charge in [0.2, 0.25) is 5.78 Å². The van der Waals surface area contributed by atoms with Gasteiger partial charge in [-0.1, -0.05) is 49.2 Å². The fourth-order valence-corrected chi connectivity index (χ4v) is 4.43. The third-order valence-electron chi connectivity index (χ3n) is 6.18. The van der Waals surface area contributed by atoms with Crippen LogP contribution in [0.15, 0.2) is 64.3 Å². The summed E-state index contributed by atoms with van der Waals surface area (Å²) < 4.78 is 5.80. The number of furan rings is 1. The molecule has 1 aliphatic rings. The highest BCUT2D eigenvalue weighted by Gasteiger charge is 2.44. The second kappa shape index (κ2) is 9.41. The Morgan fingerprint density at radius 1 is 1.12 bits per heavy atom. The lowest BCUT2D eigenvalue weighted by Gasteiger charge is -2.29. The minimum absolute atomic E-state index is 0.0256. The summed E-state index contributed by atoms with van der Waals surface area (Å²) in [6, 6.07) is 13.6. The lowest BCUT2D eigenvalue weighted by atomic mass is 9.95. The van der Waals surface area contributed by atoms with Crippen molar-refractivity contribution < 1.29 is 19.1 Å². The molecule has 3 aromatic rings. The maximum Gasteiger partial charge on any atom is 0.290 e. The molecule has 0 saturated carbocycles. The number of carbonyl (C=O) groups is 2. The number of aryl methyl sites for hydroxylation is 1. The number of benzene rings is 2. The highest BCUT2D eigenvalue weighted by atomic mass is 35.5. The zero-order valence-electron chi connectivity index (χ0n) is 19.0. The maximum atomic E-state index is 13.6. The summed E-state index contributed by atoms with van der Waals surface area (Å²) in [5, 5.41) is 12.2. The molecule has 7 heteroatoms. The van der Waals surface area contributed by atoms with Crippen molar-refractivity contribution in [3.05, 3.63) is 81.8 Å². The van der Waals surface area contributed by atoms with Crippen LogP contribution < -0.4 is 0 Å². The molecule has 0 fully saturated rings. The Hall–Kier alpha value is -3.09. The first-order chi connectivity index (χ1) is 15.8. The van der Waals surface area contributed by atoms with E-state index in [1.165, 1.54) is 0 Å². The number of hydrogen-bond acceptors (Lipinski definition) is 5. The van der Waals surface area contributed by atoms with E-state index in [9.17, 15) is 14.7 Å². The molecule has 4 rings (SSSR count). The number of Topliss-reactive ketones (excluding diaryl/α,β-unsaturated/α-hetero) is 1. The Kier molecular flexibility index (Phi) is 6.58. The van der Waals surface area contributed by atoms with Crippen molar-refractivity contribution in [2.75, 3.05) is 26.2 Å². The number of carbonyl (C=O) groups excluding carboxylic acids is 2. The maximum absolute atomic E-state index is 13.6. The van der Waals surface area contributed by atoms with Gasteiger partial charge in [0.25, 0.3) is 5.91 Å². The van der Waals surface area contributed by atoms with Crippen LogP contribution in [0.2, 0.25) is 5.02 Å². The summed E-state index contributed by atoms with van der Waals surface area (Å²) in [4.78, 5) is 30.4. The van der Waals surface area contributed by atoms with Crippen LogP contribution in [0.1, 0.15) is 41.6 Å². The minimum Gasteiger partial charge on any atom is -0.503 e. The topological polar surface area (TPSA) is 74.0 Å². The third kappa shape index (κ3) is 4.41. The van der Waals surface area contributed by atoms with Crippen molar-refractivity contribution in [1.29, 1.82) is 0 Å². The molecule has 0 radical (unpaired) electrons. The van der Waals surface area contributed by atoms with Gasteiger partial charge in [-0.15, -0.1) is 0 Å². The Labute approximate surface area is 198 Å². The predicted octanol–water partition coefficient (Wildman–Crippen LogP) is 5.31. The highest BCUT2D eigenvalue weighted by molar-refractivity contribution is 6.30. The molecule has 1 N–H and O–H groups in total. The molecule has 2 aromatic carbocycles. The third-order valence-corrected chi connectivity index (χ3v) is 6.43. The van der Waals surface area contributed by atoms with Crippen molar-refractivity contribution >= 4 is 34.3 Å². The van der Waals surface area contributed by atoms with Gasteiger partial charge in [0.05, 0.1) is 11.6 Å². The summed E-state index contributed by atoms with van der Waals surface area (Å²) >= 11 is 6.07. The first kappa shape index (κ1) is 23.1. The van der Waals surface area contributed by atoms with Crippen LogP contribution in [0, 0.1) is 6.92 Å². The summed E-state index contributed by atoms with van der Waals surface area (Å²) in [6.07, 6.45) is 0. The first-order valence-corrected chi connectivity index (χ1v) is 11.5. The van der Waals surface area contributed by atoms with E-state index in [-0.39, 0.29) is 11.3 Å². The van der Waals surface area contributed by atoms with Crippen molar-refractivity contribution in [1.82, 2.24) is 9.80 Å². The van der Waals surface area contributed by atoms with E-state index in [0.29, 0.717) is 29.3 Å². The summed E-state index contributed by atoms with van der Waals surface area (Å²) in [7, 11) is 0. The Bertz CT molecular complexity index is 1220. The van der Waals surface area contributed by atoms with Crippen molar-refractivity contribution in [3.8, 4) is 0 Å². The SMILES string of the molecule is CCN(CC)CCN1C(=O)C(O)=C(C(=O)c2cc3cc(C)ccc3o2)C1c1ccc(Cl)cc1. The molecule has 1 aromatic heterocycles. The standard InChI is InChI=1S/C26H27ClN2O4/c1-4-28(5-2)12-13-29-23(17-7-9-19(27)10-8-17)22(25(31)26(29)32)24(30)21-15-18-14-16(3)6-11-20(18)33-21/h6-11,14-15,23,31H,4-5,12-13H2,1-3H3. The smallest absolute Gasteiger partial charge is 0.290 e. The van der Waals surface area contributed by atoms with Crippen molar-refractivity contribution in [2.24, 2.45) is 0 Å². The number of fused-ring (bicyclic) bond motifs is 1. The summed E-state index contributed by atoms with van der Waals surface area (Å²) in [5.41, 5.74) is 2.35. The molecule has 0 saturated heterocycles. The second-order valence-electron chi connectivity index (χ2n) is 8.22. The van der Waals surface area contributed by atoms with Crippen LogP contribution in [-0.4, -0.2) is 52.8 Å². The van der Waals surface area contributed by atoms with Gasteiger partial charge < -0.3 is 19.3 Å². The summed E-state index contributed by atoms with van der Waals surface area (Å²) in [6.45, 7) is 8.75. The van der Waals surface area contributed by atoms with Gasteiger partial charge in [0.1, 0.15) is 5.58 Å². The van der Waals surface area contributed by atoms with Gasteiger partial charge in [-0.2, -0.15) is 0 Å². The van der Waals surface area contributed by atoms with E-state index in [2.05, 4.69) is 18.7 Å². The Morgan fingerprint density at radius 2 is 1.82 bits per heavy atom. The molecule has 0 aliphatic carbocycles. The molecule has 6 nitrogen and oxygen atoms in total. The minimum atomic E-state index is -0.729. The fourth-order valence-electron chi connectivity index (χ4n) is 4.30. The van der Waals surface area contributed by atoms with E-state index in [1.807, 2.05) is 25.1 Å². The predicted molar refractivity (Wildman–Crippen MR) is 129 cm³/mol. The van der Waals surface area contributed by atoms with Crippen LogP contribution in [0.25, 0.3) is 11.0 Å². The number of aliphatic hydroxyl groups is 1. The average Bonchev–Trinajstić information content (AvgIpc) is 3.33. The molecular weight excluding hydrogens is 440 g/mol. The molecular formula is C26H27ClN2O4. The Morgan fingerprint density at radius 3 is 2.48 bits per heavy atom. The zero-order valence-corrected chi connectivity index (χ0v) is 19.7. The molecule has 172 valence electrons. The summed E-state index contributed by atoms with van der Waals surface area (Å²) in [5.74, 6) is -1.50. The van der Waals surface area contributed by atoms with Gasteiger partial charge in [0.15, 0.2) is 11.5 Å². The van der Waals surface area contributed by atoms with Crippen LogP contribution in [0.3, 0.4) is 0 Å². The second-order valence-corrected chi connectivity index (χ2v) is 8.66. The van der Waals surface area contributed by atoms with Gasteiger partial charge >= 0.3 is 0 Å². The molecule has 0 spiro atoms. The van der Waals surface area contributed by atoms with E-state index in [0.717, 1.165) is 24.0 Å². The lowest BCUT2D eigenvalue weighted by molar-refractivity contribution is -0.129. The van der Waals surface area contributed by atoms with Gasteiger partial charge in [0, 0.05) is 23.5 Å². The van der Waals surface area contributed by atoms with Crippen molar-refractivity contribution in [3.63, 3.8) is 0 Å². The molecule has 1 aliphatic heterocycles. The van der Waals surface area contributed by atoms with E-state index >= 15 is 0 Å². The number of ketones is 1. The van der Waals surface area contributed by atoms with Crippen LogP contribution in [-0.2, 0) is 4.79 Å². The van der Waals surface area contributed by atoms with E-state index < -0.39 is 23.5 Å². The molecule has 33 heavy (non-hydrogen) atoms. The van der Waals surface area contributed by atoms with E-state index in [4.69, 9.17) is 16.0 Å². The first-order valence-electron chi connectivity index (χ1n) is 11.1. The highest BCUT2D eigenvalue weighted by Crippen LogP contribution is 2.39. The van der Waals surface area contributed by atoms with Crippen LogP contribution in [0.4, 0.5) is 0 Å². The molecule has 2 heterocycles. The lowest BCUT2D eigenvalue weighted by Crippen LogP contribution is -2.38. The molecule has 1 amide bonds. The van der Waals surface area contributed by atoms with Gasteiger partial charge in [-0.05, 0) is 55.9 Å². The number of rotatable bonds is 8. The van der Waals surface area contributed by atoms with Gasteiger partial charge in [-0.3, -0.25) is 9.59 Å².